The summed E-state index contributed by atoms with van der Waals surface area (Å²) in [5.74, 6) is -0.0452. The third-order valence-electron chi connectivity index (χ3n) is 6.11. The molecule has 0 saturated carbocycles. The molecule has 0 spiro atoms. The summed E-state index contributed by atoms with van der Waals surface area (Å²) in [6, 6.07) is 21.4. The molecule has 1 unspecified atom stereocenters. The lowest BCUT2D eigenvalue weighted by atomic mass is 10.1. The summed E-state index contributed by atoms with van der Waals surface area (Å²) in [5.41, 5.74) is 4.38. The number of hydrogen-bond donors (Lipinski definition) is 0. The lowest BCUT2D eigenvalue weighted by Gasteiger charge is -2.25. The topological polar surface area (TPSA) is 77.4 Å². The van der Waals surface area contributed by atoms with Crippen LogP contribution in [0.25, 0.3) is 22.4 Å². The number of carbonyl (C=O) groups is 1. The lowest BCUT2D eigenvalue weighted by molar-refractivity contribution is -0.132. The molecule has 3 aromatic heterocycles. The van der Waals surface area contributed by atoms with Gasteiger partial charge in [-0.15, -0.1) is 5.10 Å². The Kier molecular flexibility index (Phi) is 5.26. The predicted molar refractivity (Wildman–Crippen MR) is 126 cm³/mol. The van der Waals surface area contributed by atoms with E-state index >= 15 is 0 Å². The number of imidazole rings is 1. The van der Waals surface area contributed by atoms with Crippen LogP contribution in [0.15, 0.2) is 84.0 Å². The number of aromatic nitrogens is 5. The molecule has 33 heavy (non-hydrogen) atoms. The lowest BCUT2D eigenvalue weighted by Crippen LogP contribution is -2.31. The number of benzene rings is 2. The number of hydrogen-bond acceptors (Lipinski definition) is 4. The smallest absolute Gasteiger partial charge is 0.339 e. The Hall–Kier alpha value is -4.20. The van der Waals surface area contributed by atoms with Crippen molar-refractivity contribution in [2.24, 2.45) is 0 Å². The van der Waals surface area contributed by atoms with Crippen molar-refractivity contribution >= 4 is 22.6 Å². The summed E-state index contributed by atoms with van der Waals surface area (Å²) in [4.78, 5) is 31.4. The van der Waals surface area contributed by atoms with Crippen molar-refractivity contribution < 1.29 is 4.79 Å². The SMILES string of the molecule is CC(c1ccc(-n2cnc3ccccc32)cc1)N(C)C(=O)CCn1nc2ccccn2c1=O. The maximum absolute atomic E-state index is 12.8. The van der Waals surface area contributed by atoms with Crippen molar-refractivity contribution in [2.45, 2.75) is 25.9 Å². The van der Waals surface area contributed by atoms with Crippen LogP contribution in [0.2, 0.25) is 0 Å². The molecule has 0 aliphatic heterocycles. The second-order valence-electron chi connectivity index (χ2n) is 8.06. The zero-order valence-corrected chi connectivity index (χ0v) is 18.5. The van der Waals surface area contributed by atoms with E-state index in [1.807, 2.05) is 72.4 Å². The van der Waals surface area contributed by atoms with Crippen LogP contribution in [0, 0.1) is 0 Å². The molecule has 5 aromatic rings. The summed E-state index contributed by atoms with van der Waals surface area (Å²) in [6.45, 7) is 2.24. The first kappa shape index (κ1) is 20.7. The fourth-order valence-corrected chi connectivity index (χ4v) is 4.01. The maximum atomic E-state index is 12.8. The normalized spacial score (nSPS) is 12.3. The Balaban J connectivity index is 1.27. The van der Waals surface area contributed by atoms with Gasteiger partial charge in [-0.3, -0.25) is 13.8 Å². The predicted octanol–water partition coefficient (Wildman–Crippen LogP) is 3.44. The van der Waals surface area contributed by atoms with Crippen molar-refractivity contribution in [2.75, 3.05) is 7.05 Å². The highest BCUT2D eigenvalue weighted by molar-refractivity contribution is 5.77. The van der Waals surface area contributed by atoms with E-state index in [4.69, 9.17) is 0 Å². The van der Waals surface area contributed by atoms with Crippen LogP contribution in [0.4, 0.5) is 0 Å². The first-order valence-electron chi connectivity index (χ1n) is 10.9. The van der Waals surface area contributed by atoms with Crippen LogP contribution in [0.5, 0.6) is 0 Å². The Morgan fingerprint density at radius 2 is 1.79 bits per heavy atom. The van der Waals surface area contributed by atoms with E-state index in [0.717, 1.165) is 22.3 Å². The second-order valence-corrected chi connectivity index (χ2v) is 8.06. The van der Waals surface area contributed by atoms with Crippen LogP contribution in [-0.4, -0.2) is 41.6 Å². The van der Waals surface area contributed by atoms with E-state index < -0.39 is 0 Å². The minimum absolute atomic E-state index is 0.0452. The molecular formula is C25H24N6O2. The molecule has 0 N–H and O–H groups in total. The van der Waals surface area contributed by atoms with Crippen LogP contribution >= 0.6 is 0 Å². The summed E-state index contributed by atoms with van der Waals surface area (Å²) < 4.78 is 4.86. The molecule has 5 rings (SSSR count). The first-order chi connectivity index (χ1) is 16.0. The van der Waals surface area contributed by atoms with Gasteiger partial charge in [-0.1, -0.05) is 30.3 Å². The third-order valence-corrected chi connectivity index (χ3v) is 6.11. The minimum atomic E-state index is -0.239. The fraction of sp³-hybridized carbons (Fsp3) is 0.200. The average molecular weight is 441 g/mol. The molecule has 1 amide bonds. The number of pyridine rings is 1. The van der Waals surface area contributed by atoms with E-state index in [9.17, 15) is 9.59 Å². The molecule has 2 aromatic carbocycles. The number of nitrogens with zero attached hydrogens (tertiary/aromatic N) is 6. The first-order valence-corrected chi connectivity index (χ1v) is 10.9. The maximum Gasteiger partial charge on any atom is 0.350 e. The number of aryl methyl sites for hydroxylation is 1. The molecule has 0 aliphatic carbocycles. The number of fused-ring (bicyclic) bond motifs is 2. The largest absolute Gasteiger partial charge is 0.350 e. The molecule has 1 atom stereocenters. The van der Waals surface area contributed by atoms with Gasteiger partial charge in [0.25, 0.3) is 0 Å². The molecule has 0 fully saturated rings. The number of carbonyl (C=O) groups excluding carboxylic acids is 1. The summed E-state index contributed by atoms with van der Waals surface area (Å²) >= 11 is 0. The van der Waals surface area contributed by atoms with Gasteiger partial charge in [-0.05, 0) is 48.9 Å². The van der Waals surface area contributed by atoms with Crippen molar-refractivity contribution in [3.8, 4) is 5.69 Å². The third kappa shape index (κ3) is 3.80. The molecule has 0 bridgehead atoms. The molecule has 0 saturated heterocycles. The second kappa shape index (κ2) is 8.38. The van der Waals surface area contributed by atoms with Gasteiger partial charge in [0.2, 0.25) is 5.91 Å². The molecule has 0 aliphatic rings. The van der Waals surface area contributed by atoms with E-state index in [0.29, 0.717) is 5.65 Å². The highest BCUT2D eigenvalue weighted by atomic mass is 16.2. The molecule has 0 radical (unpaired) electrons. The van der Waals surface area contributed by atoms with Gasteiger partial charge >= 0.3 is 5.69 Å². The van der Waals surface area contributed by atoms with Crippen LogP contribution in [0.3, 0.4) is 0 Å². The Labute approximate surface area is 190 Å². The summed E-state index contributed by atoms with van der Waals surface area (Å²) in [7, 11) is 1.79. The zero-order chi connectivity index (χ0) is 22.9. The average Bonchev–Trinajstić information content (AvgIpc) is 3.43. The summed E-state index contributed by atoms with van der Waals surface area (Å²) in [5, 5.41) is 4.29. The van der Waals surface area contributed by atoms with Crippen LogP contribution < -0.4 is 5.69 Å². The van der Waals surface area contributed by atoms with Gasteiger partial charge in [-0.2, -0.15) is 0 Å². The quantitative estimate of drug-likeness (QED) is 0.405. The van der Waals surface area contributed by atoms with Crippen molar-refractivity contribution in [1.29, 1.82) is 0 Å². The van der Waals surface area contributed by atoms with Crippen LogP contribution in [-0.2, 0) is 11.3 Å². The molecule has 8 nitrogen and oxygen atoms in total. The standard InChI is InChI=1S/C25H24N6O2/c1-18(19-10-12-20(13-11-19)30-17-26-21-7-3-4-8-22(21)30)28(2)24(32)14-16-31-25(33)29-15-6-5-9-23(29)27-31/h3-13,15,17-18H,14,16H2,1-2H3. The number of rotatable bonds is 6. The van der Waals surface area contributed by atoms with E-state index in [1.54, 1.807) is 30.3 Å². The van der Waals surface area contributed by atoms with Crippen molar-refractivity contribution in [1.82, 2.24) is 28.6 Å². The number of para-hydroxylation sites is 2. The molecule has 166 valence electrons. The Morgan fingerprint density at radius 3 is 2.58 bits per heavy atom. The van der Waals surface area contributed by atoms with E-state index in [-0.39, 0.29) is 30.6 Å². The zero-order valence-electron chi connectivity index (χ0n) is 18.5. The van der Waals surface area contributed by atoms with Crippen molar-refractivity contribution in [3.05, 3.63) is 95.3 Å². The van der Waals surface area contributed by atoms with Crippen LogP contribution in [0.1, 0.15) is 24.9 Å². The Morgan fingerprint density at radius 1 is 1.03 bits per heavy atom. The van der Waals surface area contributed by atoms with E-state index in [1.165, 1.54) is 9.08 Å². The number of amides is 1. The highest BCUT2D eigenvalue weighted by Crippen LogP contribution is 2.23. The molecule has 8 heteroatoms. The van der Waals surface area contributed by atoms with E-state index in [2.05, 4.69) is 10.1 Å². The highest BCUT2D eigenvalue weighted by Gasteiger charge is 2.18. The van der Waals surface area contributed by atoms with Gasteiger partial charge in [0.15, 0.2) is 5.65 Å². The van der Waals surface area contributed by atoms with Crippen molar-refractivity contribution in [3.63, 3.8) is 0 Å². The fourth-order valence-electron chi connectivity index (χ4n) is 4.01. The van der Waals surface area contributed by atoms with Gasteiger partial charge in [-0.25, -0.2) is 14.5 Å². The van der Waals surface area contributed by atoms with Gasteiger partial charge in [0.1, 0.15) is 6.33 Å². The molecule has 3 heterocycles. The Bertz CT molecular complexity index is 1490. The van der Waals surface area contributed by atoms with Gasteiger partial charge in [0, 0.05) is 25.4 Å². The monoisotopic (exact) mass is 440 g/mol. The molecular weight excluding hydrogens is 416 g/mol. The van der Waals surface area contributed by atoms with Gasteiger partial charge < -0.3 is 4.90 Å². The minimum Gasteiger partial charge on any atom is -0.339 e. The van der Waals surface area contributed by atoms with Gasteiger partial charge in [0.05, 0.1) is 23.6 Å². The summed E-state index contributed by atoms with van der Waals surface area (Å²) in [6.07, 6.45) is 3.69.